The number of anilines is 3. The lowest BCUT2D eigenvalue weighted by molar-refractivity contribution is 0.410. The van der Waals surface area contributed by atoms with Gasteiger partial charge in [0.05, 0.1) is 16.4 Å². The van der Waals surface area contributed by atoms with Gasteiger partial charge in [0.1, 0.15) is 5.82 Å². The minimum Gasteiger partial charge on any atom is -0.366 e. The Morgan fingerprint density at radius 1 is 1.13 bits per heavy atom. The van der Waals surface area contributed by atoms with E-state index in [1.165, 1.54) is 0 Å². The van der Waals surface area contributed by atoms with Gasteiger partial charge in [0.2, 0.25) is 0 Å². The summed E-state index contributed by atoms with van der Waals surface area (Å²) in [4.78, 5) is 9.03. The predicted molar refractivity (Wildman–Crippen MR) is 122 cm³/mol. The fourth-order valence-corrected chi connectivity index (χ4v) is 4.55. The van der Waals surface area contributed by atoms with Crippen molar-refractivity contribution in [2.24, 2.45) is 5.73 Å². The van der Waals surface area contributed by atoms with Gasteiger partial charge in [0.25, 0.3) is 0 Å². The van der Waals surface area contributed by atoms with E-state index < -0.39 is 0 Å². The lowest BCUT2D eigenvalue weighted by atomic mass is 9.92. The Labute approximate surface area is 179 Å². The maximum absolute atomic E-state index is 6.04. The summed E-state index contributed by atoms with van der Waals surface area (Å²) in [6.45, 7) is 2.02. The number of benzene rings is 1. The van der Waals surface area contributed by atoms with Crippen LogP contribution >= 0.6 is 11.3 Å². The van der Waals surface area contributed by atoms with Gasteiger partial charge < -0.3 is 16.4 Å². The van der Waals surface area contributed by atoms with Crippen LogP contribution in [-0.2, 0) is 0 Å². The van der Waals surface area contributed by atoms with Gasteiger partial charge in [-0.1, -0.05) is 12.1 Å². The van der Waals surface area contributed by atoms with Crippen molar-refractivity contribution >= 4 is 34.2 Å². The Hall–Kier alpha value is -2.97. The van der Waals surface area contributed by atoms with E-state index in [4.69, 9.17) is 5.73 Å². The number of imidazole rings is 1. The Balaban J connectivity index is 1.37. The molecule has 7 nitrogen and oxygen atoms in total. The molecule has 0 saturated heterocycles. The van der Waals surface area contributed by atoms with E-state index in [1.54, 1.807) is 17.5 Å². The van der Waals surface area contributed by atoms with E-state index in [9.17, 15) is 0 Å². The van der Waals surface area contributed by atoms with Crippen LogP contribution in [0.3, 0.4) is 0 Å². The summed E-state index contributed by atoms with van der Waals surface area (Å²) in [5.74, 6) is 0.845. The Kier molecular flexibility index (Phi) is 5.10. The first kappa shape index (κ1) is 19.0. The largest absolute Gasteiger partial charge is 0.366 e. The number of hydrogen-bond acceptors (Lipinski definition) is 7. The molecule has 4 N–H and O–H groups in total. The second-order valence-corrected chi connectivity index (χ2v) is 8.91. The number of nitrogens with zero attached hydrogens (tertiary/aromatic N) is 4. The third kappa shape index (κ3) is 4.01. The van der Waals surface area contributed by atoms with Crippen LogP contribution in [-0.4, -0.2) is 31.7 Å². The average molecular weight is 420 g/mol. The minimum absolute atomic E-state index is 0.334. The van der Waals surface area contributed by atoms with Crippen LogP contribution in [0.5, 0.6) is 0 Å². The zero-order chi connectivity index (χ0) is 20.5. The van der Waals surface area contributed by atoms with Crippen LogP contribution in [0.15, 0.2) is 48.1 Å². The number of nitrogens with two attached hydrogens (primary N) is 1. The third-order valence-corrected chi connectivity index (χ3v) is 6.34. The van der Waals surface area contributed by atoms with E-state index in [1.807, 2.05) is 23.7 Å². The highest BCUT2D eigenvalue weighted by Gasteiger charge is 2.19. The Morgan fingerprint density at radius 3 is 2.67 bits per heavy atom. The molecule has 30 heavy (non-hydrogen) atoms. The topological polar surface area (TPSA) is 93.2 Å². The molecule has 1 saturated carbocycles. The van der Waals surface area contributed by atoms with Gasteiger partial charge >= 0.3 is 0 Å². The molecule has 0 atom stereocenters. The van der Waals surface area contributed by atoms with Gasteiger partial charge in [-0.05, 0) is 44.7 Å². The molecule has 0 amide bonds. The third-order valence-electron chi connectivity index (χ3n) is 5.56. The van der Waals surface area contributed by atoms with E-state index in [0.29, 0.717) is 12.1 Å². The number of hydrogen-bond donors (Lipinski definition) is 3. The highest BCUT2D eigenvalue weighted by molar-refractivity contribution is 7.09. The van der Waals surface area contributed by atoms with Crippen LogP contribution < -0.4 is 16.4 Å². The number of rotatable bonds is 5. The second kappa shape index (κ2) is 8.04. The standard InChI is InChI=1S/C22H25N7S/c1-14-25-20(13-30-14)15-2-6-17(7-3-15)26-19-12-21(28-29-11-10-24-22(19)29)27-18-8-4-16(23)5-9-18/h2-3,6-7,10-13,16,18,26H,4-5,8-9,23H2,1H3,(H,27,28). The lowest BCUT2D eigenvalue weighted by Crippen LogP contribution is -2.33. The summed E-state index contributed by atoms with van der Waals surface area (Å²) < 4.78 is 1.81. The van der Waals surface area contributed by atoms with Crippen molar-refractivity contribution in [1.82, 2.24) is 19.6 Å². The maximum atomic E-state index is 6.04. The number of nitrogens with one attached hydrogen (secondary N) is 2. The monoisotopic (exact) mass is 419 g/mol. The van der Waals surface area contributed by atoms with E-state index >= 15 is 0 Å². The SMILES string of the molecule is Cc1nc(-c2ccc(Nc3cc(NC4CCC(N)CC4)nn4ccnc34)cc2)cs1. The summed E-state index contributed by atoms with van der Waals surface area (Å²) in [6.07, 6.45) is 7.90. The molecule has 0 unspecified atom stereocenters. The molecule has 5 rings (SSSR count). The van der Waals surface area contributed by atoms with Gasteiger partial charge in [0, 0.05) is 47.2 Å². The quantitative estimate of drug-likeness (QED) is 0.438. The van der Waals surface area contributed by atoms with Gasteiger partial charge in [-0.15, -0.1) is 16.4 Å². The Bertz CT molecular complexity index is 1140. The fourth-order valence-electron chi connectivity index (χ4n) is 3.93. The first-order valence-electron chi connectivity index (χ1n) is 10.3. The highest BCUT2D eigenvalue weighted by atomic mass is 32.1. The van der Waals surface area contributed by atoms with E-state index in [-0.39, 0.29) is 0 Å². The molecule has 0 spiro atoms. The van der Waals surface area contributed by atoms with Crippen LogP contribution in [0, 0.1) is 6.92 Å². The van der Waals surface area contributed by atoms with Gasteiger partial charge in [-0.25, -0.2) is 14.5 Å². The van der Waals surface area contributed by atoms with Crippen molar-refractivity contribution < 1.29 is 0 Å². The number of thiazole rings is 1. The average Bonchev–Trinajstić information content (AvgIpc) is 3.39. The van der Waals surface area contributed by atoms with Crippen molar-refractivity contribution in [3.05, 3.63) is 53.1 Å². The summed E-state index contributed by atoms with van der Waals surface area (Å²) in [5, 5.41) is 14.9. The molecule has 1 aromatic carbocycles. The fraction of sp³-hybridized carbons (Fsp3) is 0.318. The summed E-state index contributed by atoms with van der Waals surface area (Å²) in [7, 11) is 0. The molecule has 8 heteroatoms. The molecule has 1 fully saturated rings. The molecular formula is C22H25N7S. The molecule has 3 heterocycles. The van der Waals surface area contributed by atoms with Crippen molar-refractivity contribution in [3.8, 4) is 11.3 Å². The maximum Gasteiger partial charge on any atom is 0.177 e. The van der Waals surface area contributed by atoms with Crippen LogP contribution in [0.4, 0.5) is 17.2 Å². The molecule has 4 aromatic rings. The van der Waals surface area contributed by atoms with Crippen LogP contribution in [0.25, 0.3) is 16.9 Å². The molecule has 1 aliphatic rings. The normalized spacial score (nSPS) is 19.1. The first-order chi connectivity index (χ1) is 14.6. The molecule has 3 aromatic heterocycles. The summed E-state index contributed by atoms with van der Waals surface area (Å²) in [5.41, 5.74) is 10.9. The number of fused-ring (bicyclic) bond motifs is 1. The molecular weight excluding hydrogens is 394 g/mol. The molecule has 154 valence electrons. The first-order valence-corrected chi connectivity index (χ1v) is 11.2. The lowest BCUT2D eigenvalue weighted by Gasteiger charge is -2.27. The number of aromatic nitrogens is 4. The summed E-state index contributed by atoms with van der Waals surface area (Å²) >= 11 is 1.67. The van der Waals surface area contributed by atoms with Gasteiger partial charge in [0.15, 0.2) is 5.65 Å². The van der Waals surface area contributed by atoms with Gasteiger partial charge in [-0.3, -0.25) is 0 Å². The zero-order valence-corrected chi connectivity index (χ0v) is 17.7. The van der Waals surface area contributed by atoms with Crippen LogP contribution in [0.1, 0.15) is 30.7 Å². The highest BCUT2D eigenvalue weighted by Crippen LogP contribution is 2.28. The second-order valence-electron chi connectivity index (χ2n) is 7.85. The van der Waals surface area contributed by atoms with Crippen LogP contribution in [0.2, 0.25) is 0 Å². The van der Waals surface area contributed by atoms with Crippen molar-refractivity contribution in [3.63, 3.8) is 0 Å². The molecule has 0 aliphatic heterocycles. The predicted octanol–water partition coefficient (Wildman–Crippen LogP) is 4.59. The Morgan fingerprint density at radius 2 is 1.93 bits per heavy atom. The van der Waals surface area contributed by atoms with Gasteiger partial charge in [-0.2, -0.15) is 0 Å². The smallest absolute Gasteiger partial charge is 0.177 e. The number of aryl methyl sites for hydroxylation is 1. The summed E-state index contributed by atoms with van der Waals surface area (Å²) in [6, 6.07) is 11.1. The van der Waals surface area contributed by atoms with E-state index in [0.717, 1.165) is 64.8 Å². The molecule has 0 radical (unpaired) electrons. The molecule has 0 bridgehead atoms. The molecule has 1 aliphatic carbocycles. The van der Waals surface area contributed by atoms with Crippen molar-refractivity contribution in [1.29, 1.82) is 0 Å². The van der Waals surface area contributed by atoms with Crippen molar-refractivity contribution in [2.45, 2.75) is 44.7 Å². The van der Waals surface area contributed by atoms with Crippen molar-refractivity contribution in [2.75, 3.05) is 10.6 Å². The minimum atomic E-state index is 0.334. The zero-order valence-electron chi connectivity index (χ0n) is 16.9. The van der Waals surface area contributed by atoms with E-state index in [2.05, 4.69) is 55.3 Å².